The topological polar surface area (TPSA) is 67.5 Å². The number of amidine groups is 1. The van der Waals surface area contributed by atoms with Gasteiger partial charge in [-0.1, -0.05) is 26.0 Å². The predicted octanol–water partition coefficient (Wildman–Crippen LogP) is -0.864. The van der Waals surface area contributed by atoms with Crippen LogP contribution >= 0.6 is 0 Å². The van der Waals surface area contributed by atoms with Crippen LogP contribution in [0, 0.1) is 5.41 Å². The van der Waals surface area contributed by atoms with Crippen molar-refractivity contribution in [1.29, 1.82) is 0 Å². The number of allylic oxidation sites excluding steroid dienone is 1. The van der Waals surface area contributed by atoms with Crippen molar-refractivity contribution >= 4 is 35.8 Å². The fraction of sp³-hybridized carbons (Fsp3) is 0.556. The van der Waals surface area contributed by atoms with E-state index in [1.54, 1.807) is 0 Å². The molecule has 0 aliphatic heterocycles. The molecule has 0 rings (SSSR count). The molecule has 0 aliphatic carbocycles. The maximum Gasteiger partial charge on any atom is 0.234 e. The second-order valence-corrected chi connectivity index (χ2v) is 4.53. The van der Waals surface area contributed by atoms with Crippen LogP contribution in [0.3, 0.4) is 0 Å². The molecular weight excluding hydrogens is 199 g/mol. The fourth-order valence-corrected chi connectivity index (χ4v) is 0.919. The summed E-state index contributed by atoms with van der Waals surface area (Å²) in [6.07, 6.45) is 1.82. The second kappa shape index (κ2) is 5.28. The van der Waals surface area contributed by atoms with Crippen molar-refractivity contribution in [1.82, 2.24) is 5.32 Å². The highest BCUT2D eigenvalue weighted by Crippen LogP contribution is 2.23. The van der Waals surface area contributed by atoms with Gasteiger partial charge in [-0.2, -0.15) is 4.99 Å². The van der Waals surface area contributed by atoms with Crippen molar-refractivity contribution in [2.75, 3.05) is 0 Å². The molecule has 0 saturated carbocycles. The maximum absolute atomic E-state index is 10.1. The molecule has 0 bridgehead atoms. The van der Waals surface area contributed by atoms with Gasteiger partial charge >= 0.3 is 0 Å². The first-order chi connectivity index (χ1) is 7.06. The predicted molar refractivity (Wildman–Crippen MR) is 68.4 cm³/mol. The Balaban J connectivity index is 5.12. The van der Waals surface area contributed by atoms with Crippen LogP contribution < -0.4 is 11.1 Å². The van der Waals surface area contributed by atoms with Gasteiger partial charge in [-0.25, -0.2) is 0 Å². The van der Waals surface area contributed by atoms with Crippen LogP contribution in [0.15, 0.2) is 16.8 Å². The van der Waals surface area contributed by atoms with E-state index in [0.717, 1.165) is 0 Å². The normalized spacial score (nSPS) is 14.7. The SMILES string of the molecule is [B]C([B])([B])N/C(=C\C(N)=NC=O)C(C)(C)C. The van der Waals surface area contributed by atoms with E-state index in [-0.39, 0.29) is 11.3 Å². The first kappa shape index (κ1) is 14.9. The first-order valence-corrected chi connectivity index (χ1v) is 4.70. The summed E-state index contributed by atoms with van der Waals surface area (Å²) in [6, 6.07) is 0. The summed E-state index contributed by atoms with van der Waals surface area (Å²) in [5.74, 6) is 0.0525. The van der Waals surface area contributed by atoms with Gasteiger partial charge in [-0.3, -0.25) is 4.79 Å². The summed E-state index contributed by atoms with van der Waals surface area (Å²) in [7, 11) is 16.3. The number of hydrogen-bond acceptors (Lipinski definition) is 2. The summed E-state index contributed by atoms with van der Waals surface area (Å²) in [5.41, 5.74) is 5.75. The third kappa shape index (κ3) is 6.38. The number of carbonyl (C=O) groups excluding carboxylic acids is 1. The number of nitrogens with two attached hydrogens (primary N) is 1. The molecule has 3 N–H and O–H groups in total. The largest absolute Gasteiger partial charge is 0.408 e. The standard InChI is InChI=1S/C9H14B3N3O/c1-8(2,3)6(15-9(10,11)12)4-7(13)14-5-16/h4-5,15H,1-3H3,(H2,13,14,16)/b6-4-. The average Bonchev–Trinajstić information content (AvgIpc) is 1.98. The maximum atomic E-state index is 10.1. The molecule has 0 saturated heterocycles. The molecular formula is C9H14B3N3O. The molecule has 1 amide bonds. The Morgan fingerprint density at radius 1 is 1.31 bits per heavy atom. The summed E-state index contributed by atoms with van der Waals surface area (Å²) in [6.45, 7) is 5.73. The molecule has 16 heavy (non-hydrogen) atoms. The minimum absolute atomic E-state index is 0.0525. The van der Waals surface area contributed by atoms with Crippen LogP contribution in [0.4, 0.5) is 0 Å². The highest BCUT2D eigenvalue weighted by Gasteiger charge is 2.21. The molecule has 0 heterocycles. The molecule has 0 spiro atoms. The zero-order valence-corrected chi connectivity index (χ0v) is 9.82. The van der Waals surface area contributed by atoms with Crippen LogP contribution in [-0.2, 0) is 4.79 Å². The third-order valence-electron chi connectivity index (χ3n) is 1.65. The van der Waals surface area contributed by atoms with Gasteiger partial charge in [0.2, 0.25) is 6.41 Å². The van der Waals surface area contributed by atoms with Gasteiger partial charge in [0.25, 0.3) is 0 Å². The van der Waals surface area contributed by atoms with Crippen molar-refractivity contribution in [2.45, 2.75) is 26.0 Å². The Morgan fingerprint density at radius 3 is 2.12 bits per heavy atom. The van der Waals surface area contributed by atoms with Gasteiger partial charge in [-0.05, 0) is 6.08 Å². The van der Waals surface area contributed by atoms with Crippen LogP contribution in [0.2, 0.25) is 0 Å². The van der Waals surface area contributed by atoms with Crippen LogP contribution in [0.25, 0.3) is 0 Å². The molecule has 80 valence electrons. The molecule has 7 heteroatoms. The van der Waals surface area contributed by atoms with E-state index < -0.39 is 5.24 Å². The second-order valence-electron chi connectivity index (χ2n) is 4.53. The summed E-state index contributed by atoms with van der Waals surface area (Å²) in [5, 5.41) is 1.15. The number of hydrogen-bond donors (Lipinski definition) is 2. The Kier molecular flexibility index (Phi) is 4.91. The van der Waals surface area contributed by atoms with E-state index >= 15 is 0 Å². The minimum atomic E-state index is -1.55. The van der Waals surface area contributed by atoms with E-state index in [0.29, 0.717) is 12.1 Å². The lowest BCUT2D eigenvalue weighted by molar-refractivity contribution is -0.106. The molecule has 0 aromatic heterocycles. The quantitative estimate of drug-likeness (QED) is 0.276. The highest BCUT2D eigenvalue weighted by atomic mass is 16.1. The number of carbonyl (C=O) groups is 1. The van der Waals surface area contributed by atoms with Crippen molar-refractivity contribution in [2.24, 2.45) is 16.1 Å². The van der Waals surface area contributed by atoms with E-state index in [4.69, 9.17) is 29.3 Å². The van der Waals surface area contributed by atoms with Gasteiger partial charge in [-0.15, -0.1) is 0 Å². The van der Waals surface area contributed by atoms with Crippen molar-refractivity contribution in [3.8, 4) is 0 Å². The third-order valence-corrected chi connectivity index (χ3v) is 1.65. The van der Waals surface area contributed by atoms with Gasteiger partial charge in [0.1, 0.15) is 5.84 Å². The summed E-state index contributed by atoms with van der Waals surface area (Å²) in [4.78, 5) is 13.5. The minimum Gasteiger partial charge on any atom is -0.408 e. The molecule has 6 radical (unpaired) electrons. The molecule has 0 aromatic rings. The number of aliphatic imine (C=N–C) groups is 1. The summed E-state index contributed by atoms with van der Waals surface area (Å²) < 4.78 is 0. The fourth-order valence-electron chi connectivity index (χ4n) is 0.919. The van der Waals surface area contributed by atoms with Gasteiger partial charge in [0.15, 0.2) is 0 Å². The van der Waals surface area contributed by atoms with E-state index in [1.165, 1.54) is 6.08 Å². The Labute approximate surface area is 100 Å². The zero-order chi connectivity index (χ0) is 13.0. The number of rotatable bonds is 4. The molecule has 0 aliphatic rings. The monoisotopic (exact) mass is 213 g/mol. The lowest BCUT2D eigenvalue weighted by atomic mass is 9.49. The van der Waals surface area contributed by atoms with Crippen LogP contribution in [0.1, 0.15) is 20.8 Å². The highest BCUT2D eigenvalue weighted by molar-refractivity contribution is 6.59. The van der Waals surface area contributed by atoms with E-state index in [9.17, 15) is 4.79 Å². The lowest BCUT2D eigenvalue weighted by Crippen LogP contribution is -2.49. The van der Waals surface area contributed by atoms with Gasteiger partial charge in [0, 0.05) is 11.1 Å². The van der Waals surface area contributed by atoms with Crippen molar-refractivity contribution < 1.29 is 4.79 Å². The number of amides is 1. The van der Waals surface area contributed by atoms with E-state index in [2.05, 4.69) is 10.3 Å². The molecule has 4 nitrogen and oxygen atoms in total. The van der Waals surface area contributed by atoms with Gasteiger partial charge in [0.05, 0.1) is 23.5 Å². The first-order valence-electron chi connectivity index (χ1n) is 4.70. The Hall–Kier alpha value is -1.13. The van der Waals surface area contributed by atoms with E-state index in [1.807, 2.05) is 20.8 Å². The van der Waals surface area contributed by atoms with Gasteiger partial charge < -0.3 is 11.1 Å². The van der Waals surface area contributed by atoms with Crippen LogP contribution in [0.5, 0.6) is 0 Å². The molecule has 0 aromatic carbocycles. The number of nitrogens with zero attached hydrogens (tertiary/aromatic N) is 1. The Bertz CT molecular complexity index is 313. The smallest absolute Gasteiger partial charge is 0.234 e. The van der Waals surface area contributed by atoms with Crippen LogP contribution in [-0.4, -0.2) is 41.0 Å². The Morgan fingerprint density at radius 2 is 1.81 bits per heavy atom. The molecule has 0 unspecified atom stereocenters. The number of nitrogens with one attached hydrogen (secondary N) is 1. The zero-order valence-electron chi connectivity index (χ0n) is 9.82. The van der Waals surface area contributed by atoms with Crippen molar-refractivity contribution in [3.63, 3.8) is 0 Å². The average molecular weight is 213 g/mol. The molecule has 0 fully saturated rings. The molecule has 0 atom stereocenters. The van der Waals surface area contributed by atoms with Crippen molar-refractivity contribution in [3.05, 3.63) is 11.8 Å². The summed E-state index contributed by atoms with van der Waals surface area (Å²) >= 11 is 0. The lowest BCUT2D eigenvalue weighted by Gasteiger charge is -2.33.